The summed E-state index contributed by atoms with van der Waals surface area (Å²) >= 11 is 0. The van der Waals surface area contributed by atoms with Crippen molar-refractivity contribution >= 4 is 29.6 Å². The highest BCUT2D eigenvalue weighted by Gasteiger charge is 2.29. The van der Waals surface area contributed by atoms with E-state index in [2.05, 4.69) is 4.98 Å². The predicted octanol–water partition coefficient (Wildman–Crippen LogP) is 4.04. The van der Waals surface area contributed by atoms with Crippen LogP contribution in [0.3, 0.4) is 0 Å². The van der Waals surface area contributed by atoms with Gasteiger partial charge in [0.1, 0.15) is 10.8 Å². The Kier molecular flexibility index (Phi) is 5.32. The number of hydrogen-bond donors (Lipinski definition) is 3. The molecule has 3 aromatic rings. The van der Waals surface area contributed by atoms with Crippen molar-refractivity contribution in [1.29, 1.82) is 0 Å². The molecule has 2 aromatic heterocycles. The molecule has 8 heteroatoms. The summed E-state index contributed by atoms with van der Waals surface area (Å²) in [4.78, 5) is 23.9. The van der Waals surface area contributed by atoms with Gasteiger partial charge in [0.2, 0.25) is 0 Å². The largest absolute Gasteiger partial charge is 0.460 e. The molecule has 4 rings (SSSR count). The fraction of sp³-hybridized carbons (Fsp3) is 0.450. The van der Waals surface area contributed by atoms with Crippen molar-refractivity contribution < 1.29 is 18.8 Å². The van der Waals surface area contributed by atoms with Crippen LogP contribution in [0.1, 0.15) is 44.9 Å². The van der Waals surface area contributed by atoms with E-state index in [4.69, 9.17) is 10.2 Å². The van der Waals surface area contributed by atoms with Crippen LogP contribution >= 0.6 is 7.60 Å². The van der Waals surface area contributed by atoms with E-state index in [9.17, 15) is 14.4 Å². The van der Waals surface area contributed by atoms with Crippen LogP contribution in [-0.4, -0.2) is 19.3 Å². The molecule has 0 amide bonds. The van der Waals surface area contributed by atoms with E-state index in [1.165, 1.54) is 44.4 Å². The molecule has 1 fully saturated rings. The second-order valence-electron chi connectivity index (χ2n) is 7.63. The van der Waals surface area contributed by atoms with Gasteiger partial charge < -0.3 is 24.5 Å². The molecule has 0 radical (unpaired) electrons. The minimum atomic E-state index is -4.47. The van der Waals surface area contributed by atoms with Gasteiger partial charge in [-0.1, -0.05) is 38.2 Å². The van der Waals surface area contributed by atoms with Crippen LogP contribution in [0.4, 0.5) is 5.69 Å². The van der Waals surface area contributed by atoms with E-state index < -0.39 is 7.60 Å². The third-order valence-electron chi connectivity index (χ3n) is 5.69. The van der Waals surface area contributed by atoms with Crippen LogP contribution in [0.25, 0.3) is 22.6 Å². The number of nitrogen functional groups attached to an aromatic ring is 1. The fourth-order valence-corrected chi connectivity index (χ4v) is 4.95. The summed E-state index contributed by atoms with van der Waals surface area (Å²) in [7, 11) is -4.47. The van der Waals surface area contributed by atoms with E-state index in [-0.39, 0.29) is 11.1 Å². The lowest BCUT2D eigenvalue weighted by atomic mass is 9.86. The van der Waals surface area contributed by atoms with Gasteiger partial charge in [-0.05, 0) is 37.0 Å². The average molecular weight is 403 g/mol. The molecule has 1 aliphatic carbocycles. The number of fused-ring (bicyclic) bond motifs is 1. The van der Waals surface area contributed by atoms with Crippen LogP contribution in [0.5, 0.6) is 0 Å². The van der Waals surface area contributed by atoms with Gasteiger partial charge in [-0.25, -0.2) is 4.98 Å². The van der Waals surface area contributed by atoms with Gasteiger partial charge in [0.05, 0.1) is 17.5 Å². The normalized spacial score (nSPS) is 16.1. The first-order valence-electron chi connectivity index (χ1n) is 9.84. The van der Waals surface area contributed by atoms with Gasteiger partial charge in [-0.2, -0.15) is 0 Å². The van der Waals surface area contributed by atoms with E-state index in [1.807, 2.05) is 16.7 Å². The number of hydrogen-bond acceptors (Lipinski definition) is 4. The van der Waals surface area contributed by atoms with Crippen molar-refractivity contribution in [2.45, 2.75) is 51.5 Å². The Bertz CT molecular complexity index is 1010. The fourth-order valence-electron chi connectivity index (χ4n) is 4.28. The second-order valence-corrected chi connectivity index (χ2v) is 9.20. The van der Waals surface area contributed by atoms with Crippen LogP contribution in [0.15, 0.2) is 34.9 Å². The Hall–Kier alpha value is -2.08. The molecule has 150 valence electrons. The van der Waals surface area contributed by atoms with Gasteiger partial charge >= 0.3 is 7.60 Å². The van der Waals surface area contributed by atoms with Gasteiger partial charge in [-0.15, -0.1) is 0 Å². The Morgan fingerprint density at radius 2 is 2.00 bits per heavy atom. The maximum atomic E-state index is 11.9. The summed E-state index contributed by atoms with van der Waals surface area (Å²) < 4.78 is 19.3. The molecule has 1 aliphatic rings. The number of anilines is 1. The third kappa shape index (κ3) is 3.75. The summed E-state index contributed by atoms with van der Waals surface area (Å²) in [6.45, 7) is 0.701. The molecule has 4 N–H and O–H groups in total. The SMILES string of the molecule is Nc1cccc2c1nc(-c1occc1P(=O)(O)O)n2CCCC1CCCCC1. The Balaban J connectivity index is 1.70. The number of benzene rings is 1. The molecule has 0 bridgehead atoms. The minimum Gasteiger partial charge on any atom is -0.460 e. The van der Waals surface area contributed by atoms with E-state index in [1.54, 1.807) is 6.07 Å². The molecule has 0 saturated heterocycles. The minimum absolute atomic E-state index is 0.113. The number of imidazole rings is 1. The molecular weight excluding hydrogens is 377 g/mol. The Morgan fingerprint density at radius 1 is 1.21 bits per heavy atom. The molecule has 1 saturated carbocycles. The van der Waals surface area contributed by atoms with Crippen molar-refractivity contribution in [3.05, 3.63) is 30.5 Å². The smallest absolute Gasteiger partial charge is 0.360 e. The highest BCUT2D eigenvalue weighted by Crippen LogP contribution is 2.39. The number of rotatable bonds is 6. The zero-order chi connectivity index (χ0) is 19.7. The van der Waals surface area contributed by atoms with Gasteiger partial charge in [0, 0.05) is 6.54 Å². The summed E-state index contributed by atoms with van der Waals surface area (Å²) in [6, 6.07) is 6.89. The van der Waals surface area contributed by atoms with Crippen molar-refractivity contribution in [2.75, 3.05) is 5.73 Å². The predicted molar refractivity (Wildman–Crippen MR) is 109 cm³/mol. The number of para-hydroxylation sites is 1. The van der Waals surface area contributed by atoms with Crippen molar-refractivity contribution in [3.63, 3.8) is 0 Å². The standard InChI is InChI=1S/C20H26N3O4P/c21-15-9-4-10-16-18(15)22-20(19-17(11-13-27-19)28(24,25)26)23(16)12-5-8-14-6-2-1-3-7-14/h4,9-11,13-14H,1-3,5-8,12,21H2,(H2,24,25,26). The average Bonchev–Trinajstić information content (AvgIpc) is 3.28. The first-order chi connectivity index (χ1) is 13.4. The quantitative estimate of drug-likeness (QED) is 0.423. The van der Waals surface area contributed by atoms with Crippen LogP contribution < -0.4 is 11.0 Å². The first kappa shape index (κ1) is 19.2. The zero-order valence-corrected chi connectivity index (χ0v) is 16.6. The molecule has 2 heterocycles. The number of aryl methyl sites for hydroxylation is 1. The molecule has 0 unspecified atom stereocenters. The van der Waals surface area contributed by atoms with E-state index in [0.29, 0.717) is 23.6 Å². The van der Waals surface area contributed by atoms with Crippen molar-refractivity contribution in [1.82, 2.24) is 9.55 Å². The van der Waals surface area contributed by atoms with E-state index in [0.717, 1.165) is 24.3 Å². The van der Waals surface area contributed by atoms with Gasteiger partial charge in [0.15, 0.2) is 11.6 Å². The molecule has 0 aliphatic heterocycles. The summed E-state index contributed by atoms with van der Waals surface area (Å²) in [5.74, 6) is 1.30. The number of aromatic nitrogens is 2. The molecule has 0 spiro atoms. The maximum Gasteiger partial charge on any atom is 0.360 e. The van der Waals surface area contributed by atoms with Gasteiger partial charge in [0.25, 0.3) is 0 Å². The summed E-state index contributed by atoms with van der Waals surface area (Å²) in [6.07, 6.45) is 9.98. The Labute approximate surface area is 163 Å². The number of nitrogens with two attached hydrogens (primary N) is 1. The molecule has 0 atom stereocenters. The van der Waals surface area contributed by atoms with E-state index >= 15 is 0 Å². The molecular formula is C20H26N3O4P. The lowest BCUT2D eigenvalue weighted by Crippen LogP contribution is -2.10. The molecule has 1 aromatic carbocycles. The van der Waals surface area contributed by atoms with Crippen molar-refractivity contribution in [2.24, 2.45) is 5.92 Å². The maximum absolute atomic E-state index is 11.9. The van der Waals surface area contributed by atoms with Crippen molar-refractivity contribution in [3.8, 4) is 11.6 Å². The van der Waals surface area contributed by atoms with Crippen LogP contribution in [0.2, 0.25) is 0 Å². The Morgan fingerprint density at radius 3 is 2.75 bits per heavy atom. The number of nitrogens with zero attached hydrogens (tertiary/aromatic N) is 2. The molecule has 28 heavy (non-hydrogen) atoms. The van der Waals surface area contributed by atoms with Crippen LogP contribution in [-0.2, 0) is 11.1 Å². The lowest BCUT2D eigenvalue weighted by molar-refractivity contribution is 0.327. The number of furan rings is 1. The monoisotopic (exact) mass is 403 g/mol. The first-order valence-corrected chi connectivity index (χ1v) is 11.4. The topological polar surface area (TPSA) is 115 Å². The highest BCUT2D eigenvalue weighted by molar-refractivity contribution is 7.60. The summed E-state index contributed by atoms with van der Waals surface area (Å²) in [5.41, 5.74) is 8.12. The third-order valence-corrected chi connectivity index (χ3v) is 6.67. The molecule has 7 nitrogen and oxygen atoms in total. The zero-order valence-electron chi connectivity index (χ0n) is 15.8. The second kappa shape index (κ2) is 7.74. The van der Waals surface area contributed by atoms with Crippen LogP contribution in [0, 0.1) is 5.92 Å². The van der Waals surface area contributed by atoms with Gasteiger partial charge in [-0.3, -0.25) is 4.57 Å². The lowest BCUT2D eigenvalue weighted by Gasteiger charge is -2.21. The highest BCUT2D eigenvalue weighted by atomic mass is 31.2. The summed E-state index contributed by atoms with van der Waals surface area (Å²) in [5, 5.41) is -0.144.